The van der Waals surface area contributed by atoms with Crippen LogP contribution in [0.3, 0.4) is 0 Å². The number of aliphatic hydroxyl groups is 1. The van der Waals surface area contributed by atoms with Crippen LogP contribution in [0.5, 0.6) is 0 Å². The van der Waals surface area contributed by atoms with Crippen molar-refractivity contribution in [1.82, 2.24) is 4.90 Å². The van der Waals surface area contributed by atoms with Gasteiger partial charge in [0.05, 0.1) is 30.2 Å². The highest BCUT2D eigenvalue weighted by molar-refractivity contribution is 5.93. The molecule has 0 radical (unpaired) electrons. The van der Waals surface area contributed by atoms with Gasteiger partial charge in [-0.05, 0) is 60.8 Å². The van der Waals surface area contributed by atoms with Crippen molar-refractivity contribution in [2.75, 3.05) is 30.0 Å². The van der Waals surface area contributed by atoms with E-state index in [1.165, 1.54) is 5.56 Å². The lowest BCUT2D eigenvalue weighted by Crippen LogP contribution is -2.37. The van der Waals surface area contributed by atoms with Crippen molar-refractivity contribution in [3.8, 4) is 0 Å². The first-order chi connectivity index (χ1) is 23.9. The molecule has 5 rings (SSSR count). The highest BCUT2D eigenvalue weighted by Gasteiger charge is 2.32. The van der Waals surface area contributed by atoms with Crippen molar-refractivity contribution in [2.24, 2.45) is 0 Å². The monoisotopic (exact) mass is 664 g/mol. The van der Waals surface area contributed by atoms with E-state index in [2.05, 4.69) is 46.8 Å². The number of benzene rings is 4. The Bertz CT molecular complexity index is 1610. The molecule has 4 aromatic carbocycles. The summed E-state index contributed by atoms with van der Waals surface area (Å²) >= 11 is 0. The molecule has 1 aliphatic rings. The van der Waals surface area contributed by atoms with E-state index < -0.39 is 6.29 Å². The van der Waals surface area contributed by atoms with Gasteiger partial charge in [-0.3, -0.25) is 14.5 Å². The molecule has 0 bridgehead atoms. The molecule has 258 valence electrons. The van der Waals surface area contributed by atoms with Crippen LogP contribution in [-0.4, -0.2) is 41.5 Å². The molecule has 1 saturated heterocycles. The summed E-state index contributed by atoms with van der Waals surface area (Å²) in [6.45, 7) is 1.56. The third-order valence-electron chi connectivity index (χ3n) is 8.68. The standard InChI is InChI=1S/C40H48N4O5/c1-44(26-29-11-5-4-6-12-29)27-34-25-37(31-19-17-30(28-45)18-20-31)49-40(48-34)32-21-23-33(24-22-32)42-38(46)15-7-2-3-8-16-39(47)43-36-14-10-9-13-35(36)41/h4-6,9-14,17-24,34,37,40,45H,2-3,7-8,15-16,25-28,41H2,1H3,(H,42,46)(H,43,47). The lowest BCUT2D eigenvalue weighted by atomic mass is 9.99. The molecule has 3 unspecified atom stereocenters. The molecule has 0 aliphatic carbocycles. The van der Waals surface area contributed by atoms with E-state index in [0.29, 0.717) is 30.6 Å². The van der Waals surface area contributed by atoms with E-state index in [0.717, 1.165) is 61.2 Å². The van der Waals surface area contributed by atoms with Gasteiger partial charge in [0, 0.05) is 43.6 Å². The minimum atomic E-state index is -0.566. The van der Waals surface area contributed by atoms with Gasteiger partial charge in [0.25, 0.3) is 0 Å². The number of nitrogen functional groups attached to an aromatic ring is 1. The molecular weight excluding hydrogens is 616 g/mol. The summed E-state index contributed by atoms with van der Waals surface area (Å²) in [5.74, 6) is -0.0932. The molecule has 0 saturated carbocycles. The number of amides is 2. The number of ether oxygens (including phenoxy) is 2. The Kier molecular flexibility index (Phi) is 13.3. The normalized spacial score (nSPS) is 17.5. The summed E-state index contributed by atoms with van der Waals surface area (Å²) < 4.78 is 13.0. The second kappa shape index (κ2) is 18.3. The fraction of sp³-hybridized carbons (Fsp3) is 0.350. The summed E-state index contributed by atoms with van der Waals surface area (Å²) in [7, 11) is 2.10. The predicted molar refractivity (Wildman–Crippen MR) is 193 cm³/mol. The molecule has 9 heteroatoms. The maximum absolute atomic E-state index is 12.6. The SMILES string of the molecule is CN(Cc1ccccc1)CC1CC(c2ccc(CO)cc2)OC(c2ccc(NC(=O)CCCCCCC(=O)Nc3ccccc3N)cc2)O1. The fourth-order valence-electron chi connectivity index (χ4n) is 6.04. The average Bonchev–Trinajstić information content (AvgIpc) is 3.11. The first kappa shape index (κ1) is 35.8. The van der Waals surface area contributed by atoms with Gasteiger partial charge in [-0.1, -0.05) is 91.7 Å². The zero-order chi connectivity index (χ0) is 34.4. The largest absolute Gasteiger partial charge is 0.397 e. The quantitative estimate of drug-likeness (QED) is 0.0729. The van der Waals surface area contributed by atoms with Gasteiger partial charge < -0.3 is 30.9 Å². The second-order valence-corrected chi connectivity index (χ2v) is 12.8. The summed E-state index contributed by atoms with van der Waals surface area (Å²) in [6.07, 6.45) is 3.99. The van der Waals surface area contributed by atoms with E-state index in [1.807, 2.05) is 66.7 Å². The van der Waals surface area contributed by atoms with Gasteiger partial charge in [-0.2, -0.15) is 0 Å². The lowest BCUT2D eigenvalue weighted by Gasteiger charge is -2.38. The Morgan fingerprint density at radius 2 is 1.39 bits per heavy atom. The van der Waals surface area contributed by atoms with Gasteiger partial charge >= 0.3 is 0 Å². The number of carbonyl (C=O) groups is 2. The van der Waals surface area contributed by atoms with Crippen LogP contribution < -0.4 is 16.4 Å². The number of nitrogens with one attached hydrogen (secondary N) is 2. The first-order valence-corrected chi connectivity index (χ1v) is 17.1. The first-order valence-electron chi connectivity index (χ1n) is 17.1. The minimum Gasteiger partial charge on any atom is -0.397 e. The molecule has 0 aromatic heterocycles. The Morgan fingerprint density at radius 1 is 0.755 bits per heavy atom. The molecule has 4 aromatic rings. The number of unbranched alkanes of at least 4 members (excludes halogenated alkanes) is 3. The van der Waals surface area contributed by atoms with Crippen molar-refractivity contribution >= 4 is 28.9 Å². The zero-order valence-corrected chi connectivity index (χ0v) is 28.2. The van der Waals surface area contributed by atoms with E-state index in [-0.39, 0.29) is 30.6 Å². The third kappa shape index (κ3) is 11.3. The summed E-state index contributed by atoms with van der Waals surface area (Å²) in [6, 6.07) is 33.1. The summed E-state index contributed by atoms with van der Waals surface area (Å²) in [5.41, 5.74) is 11.8. The van der Waals surface area contributed by atoms with E-state index in [1.54, 1.807) is 12.1 Å². The van der Waals surface area contributed by atoms with Gasteiger partial charge in [0.2, 0.25) is 11.8 Å². The van der Waals surface area contributed by atoms with Gasteiger partial charge in [-0.15, -0.1) is 0 Å². The maximum Gasteiger partial charge on any atom is 0.224 e. The summed E-state index contributed by atoms with van der Waals surface area (Å²) in [5, 5.41) is 15.3. The topological polar surface area (TPSA) is 126 Å². The zero-order valence-electron chi connectivity index (χ0n) is 28.2. The number of hydrogen-bond acceptors (Lipinski definition) is 7. The highest BCUT2D eigenvalue weighted by Crippen LogP contribution is 2.38. The third-order valence-corrected chi connectivity index (χ3v) is 8.68. The smallest absolute Gasteiger partial charge is 0.224 e. The van der Waals surface area contributed by atoms with Crippen LogP contribution >= 0.6 is 0 Å². The molecule has 1 aliphatic heterocycles. The van der Waals surface area contributed by atoms with Crippen molar-refractivity contribution in [2.45, 2.75) is 76.6 Å². The number of carbonyl (C=O) groups excluding carboxylic acids is 2. The molecule has 5 N–H and O–H groups in total. The molecule has 3 atom stereocenters. The Morgan fingerprint density at radius 3 is 2.06 bits per heavy atom. The van der Waals surface area contributed by atoms with Gasteiger partial charge in [0.1, 0.15) is 0 Å². The molecule has 1 fully saturated rings. The Balaban J connectivity index is 1.09. The van der Waals surface area contributed by atoms with Crippen LogP contribution in [0.15, 0.2) is 103 Å². The number of rotatable bonds is 16. The maximum atomic E-state index is 12.6. The van der Waals surface area contributed by atoms with Crippen LogP contribution in [0.2, 0.25) is 0 Å². The highest BCUT2D eigenvalue weighted by atomic mass is 16.7. The van der Waals surface area contributed by atoms with Crippen LogP contribution in [0.1, 0.15) is 79.6 Å². The Hall–Kier alpha value is -4.54. The van der Waals surface area contributed by atoms with Crippen molar-refractivity contribution in [3.63, 3.8) is 0 Å². The van der Waals surface area contributed by atoms with Gasteiger partial charge in [0.15, 0.2) is 6.29 Å². The molecular formula is C40H48N4O5. The van der Waals surface area contributed by atoms with Crippen LogP contribution in [0.25, 0.3) is 0 Å². The van der Waals surface area contributed by atoms with Crippen molar-refractivity contribution < 1.29 is 24.2 Å². The van der Waals surface area contributed by atoms with Crippen LogP contribution in [0.4, 0.5) is 17.1 Å². The van der Waals surface area contributed by atoms with Crippen molar-refractivity contribution in [3.05, 3.63) is 125 Å². The fourth-order valence-corrected chi connectivity index (χ4v) is 6.04. The number of nitrogens with two attached hydrogens (primary N) is 1. The second-order valence-electron chi connectivity index (χ2n) is 12.8. The minimum absolute atomic E-state index is 0.000456. The average molecular weight is 665 g/mol. The van der Waals surface area contributed by atoms with Gasteiger partial charge in [-0.25, -0.2) is 0 Å². The molecule has 2 amide bonds. The van der Waals surface area contributed by atoms with Crippen molar-refractivity contribution in [1.29, 1.82) is 0 Å². The van der Waals surface area contributed by atoms with Crippen LogP contribution in [0, 0.1) is 0 Å². The molecule has 49 heavy (non-hydrogen) atoms. The van der Waals surface area contributed by atoms with E-state index >= 15 is 0 Å². The number of hydrogen-bond donors (Lipinski definition) is 4. The molecule has 0 spiro atoms. The number of likely N-dealkylation sites (N-methyl/N-ethyl adjacent to an activating group) is 1. The number of anilines is 3. The van der Waals surface area contributed by atoms with E-state index in [4.69, 9.17) is 15.2 Å². The van der Waals surface area contributed by atoms with Crippen LogP contribution in [-0.2, 0) is 32.2 Å². The molecule has 9 nitrogen and oxygen atoms in total. The van der Waals surface area contributed by atoms with E-state index in [9.17, 15) is 14.7 Å². The molecule has 1 heterocycles. The Labute approximate surface area is 289 Å². The number of nitrogens with zero attached hydrogens (tertiary/aromatic N) is 1. The summed E-state index contributed by atoms with van der Waals surface area (Å²) in [4.78, 5) is 27.1. The lowest BCUT2D eigenvalue weighted by molar-refractivity contribution is -0.252. The number of aliphatic hydroxyl groups excluding tert-OH is 1. The predicted octanol–water partition coefficient (Wildman–Crippen LogP) is 7.36. The number of para-hydroxylation sites is 2.